The summed E-state index contributed by atoms with van der Waals surface area (Å²) in [7, 11) is 0. The Balaban J connectivity index is 1.41. The Labute approximate surface area is 145 Å². The number of carbonyl (C=O) groups excluding carboxylic acids is 1. The maximum absolute atomic E-state index is 13.7. The summed E-state index contributed by atoms with van der Waals surface area (Å²) in [4.78, 5) is 26.9. The third kappa shape index (κ3) is 3.60. The Morgan fingerprint density at radius 3 is 2.72 bits per heavy atom. The van der Waals surface area contributed by atoms with Gasteiger partial charge in [0.05, 0.1) is 12.1 Å². The van der Waals surface area contributed by atoms with Gasteiger partial charge in [0.15, 0.2) is 5.82 Å². The maximum atomic E-state index is 13.7. The van der Waals surface area contributed by atoms with Gasteiger partial charge in [0.25, 0.3) is 11.8 Å². The van der Waals surface area contributed by atoms with Gasteiger partial charge < -0.3 is 9.64 Å². The molecule has 2 fully saturated rings. The smallest absolute Gasteiger partial charge is 0.257 e. The largest absolute Gasteiger partial charge is 0.470 e. The molecule has 2 aromatic heterocycles. The number of ether oxygens (including phenoxy) is 1. The first-order chi connectivity index (χ1) is 12.2. The van der Waals surface area contributed by atoms with Gasteiger partial charge in [-0.25, -0.2) is 19.3 Å². The molecule has 1 aliphatic heterocycles. The van der Waals surface area contributed by atoms with Crippen molar-refractivity contribution in [2.45, 2.75) is 37.7 Å². The van der Waals surface area contributed by atoms with Gasteiger partial charge in [0.1, 0.15) is 11.9 Å². The van der Waals surface area contributed by atoms with Crippen molar-refractivity contribution in [1.82, 2.24) is 19.9 Å². The van der Waals surface area contributed by atoms with Crippen molar-refractivity contribution in [1.29, 1.82) is 0 Å². The number of halogens is 1. The molecule has 2 aliphatic rings. The summed E-state index contributed by atoms with van der Waals surface area (Å²) >= 11 is 0. The van der Waals surface area contributed by atoms with Gasteiger partial charge >= 0.3 is 0 Å². The summed E-state index contributed by atoms with van der Waals surface area (Å²) in [6.07, 6.45) is 8.24. The number of aromatic nitrogens is 3. The van der Waals surface area contributed by atoms with E-state index in [-0.39, 0.29) is 17.9 Å². The van der Waals surface area contributed by atoms with Crippen molar-refractivity contribution in [3.63, 3.8) is 0 Å². The van der Waals surface area contributed by atoms with Crippen molar-refractivity contribution in [2.24, 2.45) is 0 Å². The number of likely N-dealkylation sites (tertiary alicyclic amines) is 1. The summed E-state index contributed by atoms with van der Waals surface area (Å²) in [6.45, 7) is 1.05. The topological polar surface area (TPSA) is 68.2 Å². The number of hydrogen-bond donors (Lipinski definition) is 0. The molecule has 0 radical (unpaired) electrons. The van der Waals surface area contributed by atoms with E-state index in [9.17, 15) is 9.18 Å². The zero-order valence-corrected chi connectivity index (χ0v) is 13.8. The standard InChI is InChI=1S/C18H19FN4O2/c19-15-4-1-7-20-17(15)25-14-3-2-8-23(11-14)18(24)13-9-21-16(22-10-13)12-5-6-12/h1,4,7,9-10,12,14H,2-3,5-6,8,11H2. The van der Waals surface area contributed by atoms with Gasteiger partial charge in [-0.1, -0.05) is 0 Å². The maximum Gasteiger partial charge on any atom is 0.257 e. The second kappa shape index (κ2) is 6.74. The monoisotopic (exact) mass is 342 g/mol. The Morgan fingerprint density at radius 1 is 1.20 bits per heavy atom. The molecule has 1 aliphatic carbocycles. The van der Waals surface area contributed by atoms with E-state index in [0.29, 0.717) is 24.6 Å². The molecule has 1 amide bonds. The highest BCUT2D eigenvalue weighted by molar-refractivity contribution is 5.93. The fourth-order valence-electron chi connectivity index (χ4n) is 3.02. The van der Waals surface area contributed by atoms with Crippen LogP contribution in [0, 0.1) is 5.82 Å². The number of pyridine rings is 1. The van der Waals surface area contributed by atoms with Crippen molar-refractivity contribution in [3.8, 4) is 5.88 Å². The Kier molecular flexibility index (Phi) is 4.29. The molecule has 4 rings (SSSR count). The van der Waals surface area contributed by atoms with E-state index in [0.717, 1.165) is 31.5 Å². The normalized spacial score (nSPS) is 20.4. The Morgan fingerprint density at radius 2 is 2.00 bits per heavy atom. The fraction of sp³-hybridized carbons (Fsp3) is 0.444. The van der Waals surface area contributed by atoms with Gasteiger partial charge in [-0.3, -0.25) is 4.79 Å². The molecule has 1 saturated carbocycles. The van der Waals surface area contributed by atoms with E-state index < -0.39 is 5.82 Å². The molecule has 2 aromatic rings. The van der Waals surface area contributed by atoms with Crippen LogP contribution in [0.2, 0.25) is 0 Å². The molecule has 1 unspecified atom stereocenters. The van der Waals surface area contributed by atoms with Crippen LogP contribution in [-0.4, -0.2) is 45.0 Å². The van der Waals surface area contributed by atoms with Crippen molar-refractivity contribution in [2.75, 3.05) is 13.1 Å². The first-order valence-electron chi connectivity index (χ1n) is 8.59. The summed E-state index contributed by atoms with van der Waals surface area (Å²) in [5.41, 5.74) is 0.481. The molecule has 0 N–H and O–H groups in total. The SMILES string of the molecule is O=C(c1cnc(C2CC2)nc1)N1CCCC(Oc2ncccc2F)C1. The Bertz CT molecular complexity index is 764. The quantitative estimate of drug-likeness (QED) is 0.854. The Hall–Kier alpha value is -2.57. The minimum atomic E-state index is -0.491. The highest BCUT2D eigenvalue weighted by Crippen LogP contribution is 2.37. The van der Waals surface area contributed by atoms with Gasteiger partial charge in [-0.05, 0) is 37.8 Å². The number of nitrogens with zero attached hydrogens (tertiary/aromatic N) is 4. The molecular weight excluding hydrogens is 323 g/mol. The van der Waals surface area contributed by atoms with Gasteiger partial charge in [0, 0.05) is 31.1 Å². The van der Waals surface area contributed by atoms with Crippen LogP contribution in [0.5, 0.6) is 5.88 Å². The van der Waals surface area contributed by atoms with E-state index in [1.165, 1.54) is 18.3 Å². The molecule has 6 nitrogen and oxygen atoms in total. The van der Waals surface area contributed by atoms with Crippen LogP contribution >= 0.6 is 0 Å². The minimum absolute atomic E-state index is 0.0149. The molecule has 1 atom stereocenters. The van der Waals surface area contributed by atoms with Crippen LogP contribution in [0.1, 0.15) is 47.8 Å². The lowest BCUT2D eigenvalue weighted by Crippen LogP contribution is -2.44. The van der Waals surface area contributed by atoms with Crippen molar-refractivity contribution in [3.05, 3.63) is 47.9 Å². The lowest BCUT2D eigenvalue weighted by molar-refractivity contribution is 0.0517. The van der Waals surface area contributed by atoms with Crippen LogP contribution < -0.4 is 4.74 Å². The summed E-state index contributed by atoms with van der Waals surface area (Å²) < 4.78 is 19.3. The number of rotatable bonds is 4. The average molecular weight is 342 g/mol. The average Bonchev–Trinajstić information content (AvgIpc) is 3.49. The molecule has 130 valence electrons. The lowest BCUT2D eigenvalue weighted by Gasteiger charge is -2.32. The zero-order valence-electron chi connectivity index (χ0n) is 13.8. The van der Waals surface area contributed by atoms with E-state index >= 15 is 0 Å². The van der Waals surface area contributed by atoms with E-state index in [1.54, 1.807) is 17.3 Å². The molecule has 25 heavy (non-hydrogen) atoms. The van der Waals surface area contributed by atoms with Gasteiger partial charge in [-0.2, -0.15) is 0 Å². The first kappa shape index (κ1) is 15.9. The van der Waals surface area contributed by atoms with Crippen molar-refractivity contribution < 1.29 is 13.9 Å². The van der Waals surface area contributed by atoms with Crippen LogP contribution in [0.4, 0.5) is 4.39 Å². The molecule has 0 bridgehead atoms. The molecule has 7 heteroatoms. The van der Waals surface area contributed by atoms with Crippen LogP contribution in [-0.2, 0) is 0 Å². The van der Waals surface area contributed by atoms with Crippen molar-refractivity contribution >= 4 is 5.91 Å². The molecular formula is C18H19FN4O2. The summed E-state index contributed by atoms with van der Waals surface area (Å²) in [6, 6.07) is 2.83. The first-order valence-corrected chi connectivity index (χ1v) is 8.59. The predicted octanol–water partition coefficient (Wildman–Crippen LogP) is 2.57. The van der Waals surface area contributed by atoms with Crippen LogP contribution in [0.15, 0.2) is 30.7 Å². The number of hydrogen-bond acceptors (Lipinski definition) is 5. The van der Waals surface area contributed by atoms with Crippen LogP contribution in [0.3, 0.4) is 0 Å². The fourth-order valence-corrected chi connectivity index (χ4v) is 3.02. The molecule has 1 saturated heterocycles. The minimum Gasteiger partial charge on any atom is -0.470 e. The summed E-state index contributed by atoms with van der Waals surface area (Å²) in [5.74, 6) is 0.665. The zero-order chi connectivity index (χ0) is 17.2. The number of amides is 1. The number of piperidine rings is 1. The van der Waals surface area contributed by atoms with Gasteiger partial charge in [-0.15, -0.1) is 0 Å². The second-order valence-electron chi connectivity index (χ2n) is 6.53. The third-order valence-electron chi connectivity index (χ3n) is 4.53. The number of carbonyl (C=O) groups is 1. The van der Waals surface area contributed by atoms with E-state index in [4.69, 9.17) is 4.74 Å². The molecule has 0 spiro atoms. The highest BCUT2D eigenvalue weighted by atomic mass is 19.1. The third-order valence-corrected chi connectivity index (χ3v) is 4.53. The van der Waals surface area contributed by atoms with E-state index in [2.05, 4.69) is 15.0 Å². The molecule has 3 heterocycles. The van der Waals surface area contributed by atoms with Gasteiger partial charge in [0.2, 0.25) is 0 Å². The van der Waals surface area contributed by atoms with Crippen LogP contribution in [0.25, 0.3) is 0 Å². The second-order valence-corrected chi connectivity index (χ2v) is 6.53. The van der Waals surface area contributed by atoms with E-state index in [1.807, 2.05) is 0 Å². The highest BCUT2D eigenvalue weighted by Gasteiger charge is 2.29. The predicted molar refractivity (Wildman–Crippen MR) is 87.8 cm³/mol. The lowest BCUT2D eigenvalue weighted by atomic mass is 10.1. The summed E-state index contributed by atoms with van der Waals surface area (Å²) in [5, 5.41) is 0. The molecule has 0 aromatic carbocycles.